The van der Waals surface area contributed by atoms with Crippen molar-refractivity contribution >= 4 is 11.8 Å². The Morgan fingerprint density at radius 1 is 1.00 bits per heavy atom. The first-order valence-corrected chi connectivity index (χ1v) is 7.22. The van der Waals surface area contributed by atoms with E-state index in [2.05, 4.69) is 4.90 Å². The van der Waals surface area contributed by atoms with Crippen molar-refractivity contribution in [3.8, 4) is 5.75 Å². The minimum absolute atomic E-state index is 0.290. The first-order chi connectivity index (χ1) is 9.83. The van der Waals surface area contributed by atoms with Crippen molar-refractivity contribution in [2.24, 2.45) is 0 Å². The fourth-order valence-corrected chi connectivity index (χ4v) is 2.61. The lowest BCUT2D eigenvalue weighted by Crippen LogP contribution is -2.42. The molecule has 20 heavy (non-hydrogen) atoms. The summed E-state index contributed by atoms with van der Waals surface area (Å²) in [5.41, 5.74) is 1.20. The minimum Gasteiger partial charge on any atom is -0.410 e. The van der Waals surface area contributed by atoms with Gasteiger partial charge in [0, 0.05) is 31.9 Å². The van der Waals surface area contributed by atoms with E-state index in [1.54, 1.807) is 4.90 Å². The van der Waals surface area contributed by atoms with E-state index in [4.69, 9.17) is 9.47 Å². The van der Waals surface area contributed by atoms with Crippen LogP contribution in [0.25, 0.3) is 0 Å². The molecule has 5 nitrogen and oxygen atoms in total. The Kier molecular flexibility index (Phi) is 4.06. The van der Waals surface area contributed by atoms with Crippen LogP contribution in [0.5, 0.6) is 5.75 Å². The van der Waals surface area contributed by atoms with Crippen LogP contribution in [0.2, 0.25) is 0 Å². The van der Waals surface area contributed by atoms with Crippen LogP contribution in [0.15, 0.2) is 24.3 Å². The van der Waals surface area contributed by atoms with Crippen molar-refractivity contribution in [1.29, 1.82) is 0 Å². The van der Waals surface area contributed by atoms with Crippen molar-refractivity contribution < 1.29 is 14.3 Å². The van der Waals surface area contributed by atoms with Crippen molar-refractivity contribution in [2.45, 2.75) is 12.8 Å². The molecule has 0 saturated carbocycles. The van der Waals surface area contributed by atoms with E-state index in [0.717, 1.165) is 13.1 Å². The first kappa shape index (κ1) is 13.2. The van der Waals surface area contributed by atoms with Gasteiger partial charge in [-0.05, 0) is 37.1 Å². The number of morpholine rings is 1. The van der Waals surface area contributed by atoms with Gasteiger partial charge in [0.25, 0.3) is 0 Å². The molecule has 2 aliphatic heterocycles. The van der Waals surface area contributed by atoms with Crippen LogP contribution in [0.3, 0.4) is 0 Å². The lowest BCUT2D eigenvalue weighted by molar-refractivity contribution is 0.0416. The van der Waals surface area contributed by atoms with Gasteiger partial charge in [-0.2, -0.15) is 0 Å². The van der Waals surface area contributed by atoms with Crippen LogP contribution in [-0.2, 0) is 4.74 Å². The molecule has 2 heterocycles. The third-order valence-electron chi connectivity index (χ3n) is 3.78. The Bertz CT molecular complexity index is 449. The molecule has 1 aromatic carbocycles. The standard InChI is InChI=1S/C15H20N2O3/c18-15(17-9-11-19-12-10-17)20-14-5-3-13(4-6-14)16-7-1-2-8-16/h3-6H,1-2,7-12H2. The van der Waals surface area contributed by atoms with Crippen molar-refractivity contribution in [2.75, 3.05) is 44.3 Å². The minimum atomic E-state index is -0.290. The molecule has 0 unspecified atom stereocenters. The molecule has 0 atom stereocenters. The van der Waals surface area contributed by atoms with E-state index in [-0.39, 0.29) is 6.09 Å². The molecule has 0 N–H and O–H groups in total. The van der Waals surface area contributed by atoms with Gasteiger partial charge in [0.2, 0.25) is 0 Å². The Hall–Kier alpha value is -1.75. The molecular weight excluding hydrogens is 256 g/mol. The number of hydrogen-bond acceptors (Lipinski definition) is 4. The van der Waals surface area contributed by atoms with Gasteiger partial charge in [-0.15, -0.1) is 0 Å². The molecule has 2 aliphatic rings. The van der Waals surface area contributed by atoms with E-state index in [9.17, 15) is 4.79 Å². The topological polar surface area (TPSA) is 42.0 Å². The maximum atomic E-state index is 11.9. The van der Waals surface area contributed by atoms with Crippen LogP contribution < -0.4 is 9.64 Å². The summed E-state index contributed by atoms with van der Waals surface area (Å²) >= 11 is 0. The summed E-state index contributed by atoms with van der Waals surface area (Å²) in [6, 6.07) is 7.78. The zero-order valence-electron chi connectivity index (χ0n) is 11.6. The van der Waals surface area contributed by atoms with Crippen molar-refractivity contribution in [3.05, 3.63) is 24.3 Å². The first-order valence-electron chi connectivity index (χ1n) is 7.22. The second-order valence-corrected chi connectivity index (χ2v) is 5.16. The van der Waals surface area contributed by atoms with Gasteiger partial charge in [0.05, 0.1) is 13.2 Å². The Labute approximate surface area is 119 Å². The lowest BCUT2D eigenvalue weighted by Gasteiger charge is -2.26. The number of carbonyl (C=O) groups excluding carboxylic acids is 1. The predicted octanol–water partition coefficient (Wildman–Crippen LogP) is 2.12. The van der Waals surface area contributed by atoms with E-state index >= 15 is 0 Å². The Morgan fingerprint density at radius 3 is 2.30 bits per heavy atom. The summed E-state index contributed by atoms with van der Waals surface area (Å²) in [6.45, 7) is 4.61. The number of rotatable bonds is 2. The van der Waals surface area contributed by atoms with Gasteiger partial charge < -0.3 is 19.3 Å². The number of ether oxygens (including phenoxy) is 2. The van der Waals surface area contributed by atoms with Gasteiger partial charge in [-0.1, -0.05) is 0 Å². The van der Waals surface area contributed by atoms with E-state index in [1.165, 1.54) is 18.5 Å². The summed E-state index contributed by atoms with van der Waals surface area (Å²) in [4.78, 5) is 16.0. The van der Waals surface area contributed by atoms with Crippen LogP contribution >= 0.6 is 0 Å². The maximum absolute atomic E-state index is 11.9. The highest BCUT2D eigenvalue weighted by Gasteiger charge is 2.19. The molecule has 1 amide bonds. The van der Waals surface area contributed by atoms with E-state index in [1.807, 2.05) is 24.3 Å². The van der Waals surface area contributed by atoms with Crippen LogP contribution in [0.4, 0.5) is 10.5 Å². The summed E-state index contributed by atoms with van der Waals surface area (Å²) in [5, 5.41) is 0. The largest absolute Gasteiger partial charge is 0.415 e. The van der Waals surface area contributed by atoms with Crippen LogP contribution in [-0.4, -0.2) is 50.4 Å². The van der Waals surface area contributed by atoms with Gasteiger partial charge in [0.1, 0.15) is 5.75 Å². The fraction of sp³-hybridized carbons (Fsp3) is 0.533. The summed E-state index contributed by atoms with van der Waals surface area (Å²) in [5.74, 6) is 0.601. The smallest absolute Gasteiger partial charge is 0.410 e. The zero-order valence-corrected chi connectivity index (χ0v) is 11.6. The fourth-order valence-electron chi connectivity index (χ4n) is 2.61. The quantitative estimate of drug-likeness (QED) is 0.829. The van der Waals surface area contributed by atoms with Gasteiger partial charge in [0.15, 0.2) is 0 Å². The number of carbonyl (C=O) groups is 1. The number of benzene rings is 1. The van der Waals surface area contributed by atoms with Gasteiger partial charge in [-0.3, -0.25) is 0 Å². The third-order valence-corrected chi connectivity index (χ3v) is 3.78. The van der Waals surface area contributed by atoms with E-state index < -0.39 is 0 Å². The lowest BCUT2D eigenvalue weighted by atomic mass is 10.3. The van der Waals surface area contributed by atoms with Crippen molar-refractivity contribution in [1.82, 2.24) is 4.90 Å². The number of amides is 1. The second-order valence-electron chi connectivity index (χ2n) is 5.16. The average molecular weight is 276 g/mol. The molecule has 3 rings (SSSR count). The zero-order chi connectivity index (χ0) is 13.8. The second kappa shape index (κ2) is 6.13. The van der Waals surface area contributed by atoms with Crippen LogP contribution in [0, 0.1) is 0 Å². The third kappa shape index (κ3) is 3.04. The summed E-state index contributed by atoms with van der Waals surface area (Å²) in [6.07, 6.45) is 2.23. The normalized spacial score (nSPS) is 19.2. The number of anilines is 1. The molecule has 0 radical (unpaired) electrons. The van der Waals surface area contributed by atoms with E-state index in [0.29, 0.717) is 32.1 Å². The molecule has 0 bridgehead atoms. The molecule has 0 spiro atoms. The molecule has 1 aromatic rings. The molecular formula is C15H20N2O3. The highest BCUT2D eigenvalue weighted by Crippen LogP contribution is 2.23. The monoisotopic (exact) mass is 276 g/mol. The molecule has 0 aliphatic carbocycles. The number of hydrogen-bond donors (Lipinski definition) is 0. The Balaban J connectivity index is 1.58. The SMILES string of the molecule is O=C(Oc1ccc(N2CCCC2)cc1)N1CCOCC1. The summed E-state index contributed by atoms with van der Waals surface area (Å²) < 4.78 is 10.6. The molecule has 2 saturated heterocycles. The predicted molar refractivity (Wildman–Crippen MR) is 76.3 cm³/mol. The maximum Gasteiger partial charge on any atom is 0.415 e. The highest BCUT2D eigenvalue weighted by atomic mass is 16.6. The average Bonchev–Trinajstić information content (AvgIpc) is 3.03. The van der Waals surface area contributed by atoms with Crippen LogP contribution in [0.1, 0.15) is 12.8 Å². The van der Waals surface area contributed by atoms with Gasteiger partial charge >= 0.3 is 6.09 Å². The van der Waals surface area contributed by atoms with Crippen molar-refractivity contribution in [3.63, 3.8) is 0 Å². The highest BCUT2D eigenvalue weighted by molar-refractivity contribution is 5.71. The molecule has 5 heteroatoms. The summed E-state index contributed by atoms with van der Waals surface area (Å²) in [7, 11) is 0. The van der Waals surface area contributed by atoms with Gasteiger partial charge in [-0.25, -0.2) is 4.79 Å². The molecule has 0 aromatic heterocycles. The molecule has 2 fully saturated rings. The number of nitrogens with zero attached hydrogens (tertiary/aromatic N) is 2. The Morgan fingerprint density at radius 2 is 1.65 bits per heavy atom. The molecule has 108 valence electrons.